The molecule has 5 heteroatoms. The van der Waals surface area contributed by atoms with Crippen LogP contribution in [0.5, 0.6) is 0 Å². The van der Waals surface area contributed by atoms with Crippen molar-refractivity contribution in [3.05, 3.63) is 64.1 Å². The number of nitrogens with zero attached hydrogens (tertiary/aromatic N) is 2. The second kappa shape index (κ2) is 13.0. The second-order valence-electron chi connectivity index (χ2n) is 7.68. The molecule has 0 unspecified atom stereocenters. The highest BCUT2D eigenvalue weighted by Crippen LogP contribution is 2.33. The predicted molar refractivity (Wildman–Crippen MR) is 138 cm³/mol. The zero-order chi connectivity index (χ0) is 22.7. The molecule has 0 aromatic heterocycles. The second-order valence-corrected chi connectivity index (χ2v) is 10.2. The molecule has 0 radical (unpaired) electrons. The maximum Gasteiger partial charge on any atom is 0.278 e. The summed E-state index contributed by atoms with van der Waals surface area (Å²) in [7, 11) is 0. The molecular formula is C25H35BrN2OS. The van der Waals surface area contributed by atoms with Crippen LogP contribution >= 0.6 is 27.9 Å². The van der Waals surface area contributed by atoms with E-state index in [-0.39, 0.29) is 10.7 Å². The molecule has 2 aromatic rings. The molecule has 0 aliphatic carbocycles. The number of benzene rings is 2. The van der Waals surface area contributed by atoms with Gasteiger partial charge in [-0.3, -0.25) is 4.79 Å². The Bertz CT molecular complexity index is 824. The summed E-state index contributed by atoms with van der Waals surface area (Å²) >= 11 is 4.88. The van der Waals surface area contributed by atoms with Crippen molar-refractivity contribution < 1.29 is 4.79 Å². The van der Waals surface area contributed by atoms with Crippen LogP contribution in [-0.4, -0.2) is 16.4 Å². The van der Waals surface area contributed by atoms with E-state index in [4.69, 9.17) is 0 Å². The molecule has 0 saturated heterocycles. The van der Waals surface area contributed by atoms with Gasteiger partial charge in [0.15, 0.2) is 0 Å². The van der Waals surface area contributed by atoms with Crippen molar-refractivity contribution in [1.29, 1.82) is 0 Å². The number of hydrogen-bond acceptors (Lipinski definition) is 3. The van der Waals surface area contributed by atoms with Gasteiger partial charge in [0.2, 0.25) is 0 Å². The van der Waals surface area contributed by atoms with Crippen LogP contribution in [0.3, 0.4) is 0 Å². The Balaban J connectivity index is 0.000000673. The van der Waals surface area contributed by atoms with Crippen molar-refractivity contribution in [1.82, 2.24) is 0 Å². The third-order valence-corrected chi connectivity index (χ3v) is 5.41. The van der Waals surface area contributed by atoms with Crippen LogP contribution in [0.25, 0.3) is 0 Å². The fraction of sp³-hybridized carbons (Fsp3) is 0.440. The van der Waals surface area contributed by atoms with Crippen molar-refractivity contribution >= 4 is 45.2 Å². The Morgan fingerprint density at radius 3 is 2.07 bits per heavy atom. The molecule has 1 heterocycles. The van der Waals surface area contributed by atoms with Gasteiger partial charge >= 0.3 is 0 Å². The van der Waals surface area contributed by atoms with Crippen LogP contribution < -0.4 is 4.90 Å². The maximum absolute atomic E-state index is 12.9. The molecule has 1 aliphatic rings. The minimum Gasteiger partial charge on any atom is -0.302 e. The van der Waals surface area contributed by atoms with Gasteiger partial charge in [-0.05, 0) is 56.5 Å². The van der Waals surface area contributed by atoms with Crippen molar-refractivity contribution in [2.45, 2.75) is 72.6 Å². The average Bonchev–Trinajstić information content (AvgIpc) is 3.00. The summed E-state index contributed by atoms with van der Waals surface area (Å²) in [5.74, 6) is -0.0316. The highest BCUT2D eigenvalue weighted by atomic mass is 79.9. The summed E-state index contributed by atoms with van der Waals surface area (Å²) in [6.45, 7) is 15.2. The van der Waals surface area contributed by atoms with Gasteiger partial charge in [0, 0.05) is 14.8 Å². The number of halogens is 1. The zero-order valence-corrected chi connectivity index (χ0v) is 21.7. The number of unbranched alkanes of at least 4 members (excludes halogenated alkanes) is 1. The van der Waals surface area contributed by atoms with Gasteiger partial charge in [0.1, 0.15) is 5.71 Å². The molecule has 1 aliphatic heterocycles. The summed E-state index contributed by atoms with van der Waals surface area (Å²) in [6.07, 6.45) is 2.64. The van der Waals surface area contributed by atoms with Gasteiger partial charge in [0.05, 0.1) is 12.2 Å². The van der Waals surface area contributed by atoms with Crippen molar-refractivity contribution in [3.8, 4) is 0 Å². The molecule has 0 bridgehead atoms. The van der Waals surface area contributed by atoms with E-state index in [9.17, 15) is 4.79 Å². The third kappa shape index (κ3) is 7.92. The molecule has 0 atom stereocenters. The first kappa shape index (κ1) is 26.4. The lowest BCUT2D eigenvalue weighted by atomic mass is 10.1. The van der Waals surface area contributed by atoms with Gasteiger partial charge in [-0.15, -0.1) is 0 Å². The largest absolute Gasteiger partial charge is 0.302 e. The Morgan fingerprint density at radius 1 is 0.967 bits per heavy atom. The predicted octanol–water partition coefficient (Wildman–Crippen LogP) is 8.06. The standard InChI is InChI=1S/C19H19BrN2OS.C4H10.C2H6/c1-19(2,3)24-21-17-15-6-4-5-7-16(15)22(18(17)23)12-13-8-10-14(20)11-9-13;1-3-4-2;1-2/h4-11H,12H2,1-3H3;3-4H2,1-2H3;1-2H3/b21-17-;;. The number of fused-ring (bicyclic) bond motifs is 1. The molecule has 0 spiro atoms. The highest BCUT2D eigenvalue weighted by molar-refractivity contribution is 9.10. The van der Waals surface area contributed by atoms with Gasteiger partial charge < -0.3 is 4.90 Å². The molecule has 0 N–H and O–H groups in total. The van der Waals surface area contributed by atoms with E-state index in [0.717, 1.165) is 21.3 Å². The molecule has 3 rings (SSSR count). The van der Waals surface area contributed by atoms with Gasteiger partial charge in [0.25, 0.3) is 5.91 Å². The van der Waals surface area contributed by atoms with E-state index < -0.39 is 0 Å². The van der Waals surface area contributed by atoms with Crippen LogP contribution in [0.2, 0.25) is 0 Å². The third-order valence-electron chi connectivity index (χ3n) is 4.06. The fourth-order valence-corrected chi connectivity index (χ4v) is 3.27. The number of anilines is 1. The van der Waals surface area contributed by atoms with Crippen LogP contribution in [0.4, 0.5) is 5.69 Å². The number of hydrogen-bond donors (Lipinski definition) is 0. The zero-order valence-electron chi connectivity index (χ0n) is 19.3. The Labute approximate surface area is 195 Å². The van der Waals surface area contributed by atoms with Crippen molar-refractivity contribution in [2.75, 3.05) is 4.90 Å². The molecule has 0 fully saturated rings. The van der Waals surface area contributed by atoms with Crippen LogP contribution in [-0.2, 0) is 11.3 Å². The van der Waals surface area contributed by atoms with E-state index in [0.29, 0.717) is 12.3 Å². The number of rotatable bonds is 4. The minimum atomic E-state index is -0.0316. The molecule has 164 valence electrons. The fourth-order valence-electron chi connectivity index (χ4n) is 2.46. The van der Waals surface area contributed by atoms with Gasteiger partial charge in [-0.25, -0.2) is 4.40 Å². The van der Waals surface area contributed by atoms with Crippen LogP contribution in [0.15, 0.2) is 57.4 Å². The SMILES string of the molecule is CC.CC(C)(C)S/N=C1\C(=O)N(Cc2ccc(Br)cc2)c2ccccc21.CCCC. The number of carbonyl (C=O) groups excluding carboxylic acids is 1. The molecule has 30 heavy (non-hydrogen) atoms. The number of amides is 1. The number of carbonyl (C=O) groups is 1. The molecule has 2 aromatic carbocycles. The van der Waals surface area contributed by atoms with Crippen molar-refractivity contribution in [3.63, 3.8) is 0 Å². The normalized spacial score (nSPS) is 13.9. The Kier molecular flexibility index (Phi) is 11.4. The van der Waals surface area contributed by atoms with Gasteiger partial charge in [-0.2, -0.15) is 0 Å². The summed E-state index contributed by atoms with van der Waals surface area (Å²) in [5, 5.41) is 0. The first-order valence-corrected chi connectivity index (χ1v) is 12.2. The summed E-state index contributed by atoms with van der Waals surface area (Å²) in [6, 6.07) is 15.9. The smallest absolute Gasteiger partial charge is 0.278 e. The first-order chi connectivity index (χ1) is 14.3. The van der Waals surface area contributed by atoms with E-state index in [1.807, 2.05) is 62.4 Å². The topological polar surface area (TPSA) is 32.7 Å². The molecule has 1 amide bonds. The summed E-state index contributed by atoms with van der Waals surface area (Å²) < 4.78 is 5.56. The Hall–Kier alpha value is -1.59. The lowest BCUT2D eigenvalue weighted by molar-refractivity contribution is -0.112. The quantitative estimate of drug-likeness (QED) is 0.405. The lowest BCUT2D eigenvalue weighted by Crippen LogP contribution is -2.29. The van der Waals surface area contributed by atoms with E-state index >= 15 is 0 Å². The minimum absolute atomic E-state index is 0.0264. The van der Waals surface area contributed by atoms with E-state index in [1.165, 1.54) is 24.8 Å². The van der Waals surface area contributed by atoms with E-state index in [1.54, 1.807) is 4.90 Å². The van der Waals surface area contributed by atoms with Gasteiger partial charge in [-0.1, -0.05) is 86.8 Å². The Morgan fingerprint density at radius 2 is 1.53 bits per heavy atom. The molecule has 3 nitrogen and oxygen atoms in total. The summed E-state index contributed by atoms with van der Waals surface area (Å²) in [5.41, 5.74) is 3.48. The average molecular weight is 492 g/mol. The molecular weight excluding hydrogens is 456 g/mol. The monoisotopic (exact) mass is 490 g/mol. The van der Waals surface area contributed by atoms with Crippen LogP contribution in [0.1, 0.15) is 72.4 Å². The van der Waals surface area contributed by atoms with E-state index in [2.05, 4.69) is 54.9 Å². The maximum atomic E-state index is 12.9. The number of para-hydroxylation sites is 1. The first-order valence-electron chi connectivity index (χ1n) is 10.7. The lowest BCUT2D eigenvalue weighted by Gasteiger charge is -2.17. The molecule has 0 saturated carbocycles. The highest BCUT2D eigenvalue weighted by Gasteiger charge is 2.34. The van der Waals surface area contributed by atoms with Crippen LogP contribution in [0, 0.1) is 0 Å². The van der Waals surface area contributed by atoms with Crippen molar-refractivity contribution in [2.24, 2.45) is 4.40 Å². The summed E-state index contributed by atoms with van der Waals surface area (Å²) in [4.78, 5) is 14.7.